The second-order valence-electron chi connectivity index (χ2n) is 3.41. The van der Waals surface area contributed by atoms with Gasteiger partial charge in [-0.15, -0.1) is 0 Å². The molecule has 72 valence electrons. The molecule has 1 aromatic rings. The Bertz CT molecular complexity index is 282. The summed E-state index contributed by atoms with van der Waals surface area (Å²) in [4.78, 5) is 0. The highest BCUT2D eigenvalue weighted by Gasteiger charge is 2.29. The molecule has 13 heavy (non-hydrogen) atoms. The summed E-state index contributed by atoms with van der Waals surface area (Å²) >= 11 is 0. The van der Waals surface area contributed by atoms with Crippen LogP contribution in [0.5, 0.6) is 0 Å². The molecule has 1 saturated carbocycles. The van der Waals surface area contributed by atoms with Crippen molar-refractivity contribution in [2.24, 2.45) is 13.0 Å². The van der Waals surface area contributed by atoms with Gasteiger partial charge in [0.1, 0.15) is 0 Å². The van der Waals surface area contributed by atoms with Crippen molar-refractivity contribution < 1.29 is 5.11 Å². The number of aryl methyl sites for hydroxylation is 1. The lowest BCUT2D eigenvalue weighted by atomic mass is 10.2. The lowest BCUT2D eigenvalue weighted by Crippen LogP contribution is -2.22. The zero-order chi connectivity index (χ0) is 9.26. The molecule has 0 saturated heterocycles. The third-order valence-corrected chi connectivity index (χ3v) is 2.26. The van der Waals surface area contributed by atoms with Gasteiger partial charge in [-0.1, -0.05) is 5.10 Å². The van der Waals surface area contributed by atoms with Gasteiger partial charge in [0.25, 0.3) is 0 Å². The number of nitrogens with zero attached hydrogens (tertiary/aromatic N) is 4. The molecule has 6 heteroatoms. The molecule has 0 aromatic carbocycles. The monoisotopic (exact) mass is 183 g/mol. The van der Waals surface area contributed by atoms with Crippen molar-refractivity contribution >= 4 is 5.95 Å². The molecular weight excluding hydrogens is 170 g/mol. The maximum atomic E-state index is 9.54. The first-order chi connectivity index (χ1) is 6.27. The van der Waals surface area contributed by atoms with E-state index in [9.17, 15) is 5.11 Å². The van der Waals surface area contributed by atoms with E-state index in [0.29, 0.717) is 18.4 Å². The van der Waals surface area contributed by atoms with Gasteiger partial charge in [-0.05, 0) is 29.2 Å². The molecule has 0 radical (unpaired) electrons. The Hall–Kier alpha value is -1.17. The molecule has 2 rings (SSSR count). The third-order valence-electron chi connectivity index (χ3n) is 2.26. The first-order valence-electron chi connectivity index (χ1n) is 4.41. The topological polar surface area (TPSA) is 75.9 Å². The maximum Gasteiger partial charge on any atom is 0.242 e. The van der Waals surface area contributed by atoms with Gasteiger partial charge in [0.15, 0.2) is 0 Å². The van der Waals surface area contributed by atoms with E-state index in [-0.39, 0.29) is 6.10 Å². The van der Waals surface area contributed by atoms with Crippen molar-refractivity contribution in [2.45, 2.75) is 18.9 Å². The summed E-state index contributed by atoms with van der Waals surface area (Å²) < 4.78 is 1.54. The number of hydrogen-bond acceptors (Lipinski definition) is 5. The molecule has 1 unspecified atom stereocenters. The smallest absolute Gasteiger partial charge is 0.242 e. The van der Waals surface area contributed by atoms with Crippen molar-refractivity contribution in [1.29, 1.82) is 0 Å². The van der Waals surface area contributed by atoms with E-state index in [1.54, 1.807) is 11.7 Å². The first-order valence-corrected chi connectivity index (χ1v) is 4.41. The zero-order valence-corrected chi connectivity index (χ0v) is 7.51. The SMILES string of the molecule is Cn1nnnc1NCC(O)C1CC1. The van der Waals surface area contributed by atoms with E-state index in [1.807, 2.05) is 0 Å². The van der Waals surface area contributed by atoms with Crippen LogP contribution in [-0.4, -0.2) is 38.0 Å². The van der Waals surface area contributed by atoms with Crippen LogP contribution in [0.15, 0.2) is 0 Å². The van der Waals surface area contributed by atoms with Gasteiger partial charge < -0.3 is 10.4 Å². The van der Waals surface area contributed by atoms with Crippen molar-refractivity contribution in [3.63, 3.8) is 0 Å². The van der Waals surface area contributed by atoms with Gasteiger partial charge in [-0.3, -0.25) is 0 Å². The molecule has 1 fully saturated rings. The molecule has 1 heterocycles. The summed E-state index contributed by atoms with van der Waals surface area (Å²) in [7, 11) is 1.76. The van der Waals surface area contributed by atoms with Gasteiger partial charge in [0, 0.05) is 13.6 Å². The Labute approximate surface area is 75.9 Å². The Balaban J connectivity index is 1.81. The molecule has 2 N–H and O–H groups in total. The number of anilines is 1. The van der Waals surface area contributed by atoms with Crippen molar-refractivity contribution in [1.82, 2.24) is 20.2 Å². The van der Waals surface area contributed by atoms with E-state index in [1.165, 1.54) is 0 Å². The van der Waals surface area contributed by atoms with E-state index in [0.717, 1.165) is 12.8 Å². The first kappa shape index (κ1) is 8.43. The van der Waals surface area contributed by atoms with Crippen LogP contribution in [0, 0.1) is 5.92 Å². The Morgan fingerprint density at radius 2 is 2.46 bits per heavy atom. The maximum absolute atomic E-state index is 9.54. The zero-order valence-electron chi connectivity index (χ0n) is 7.51. The molecule has 1 aromatic heterocycles. The molecule has 1 aliphatic carbocycles. The highest BCUT2D eigenvalue weighted by Crippen LogP contribution is 2.32. The van der Waals surface area contributed by atoms with Crippen molar-refractivity contribution in [2.75, 3.05) is 11.9 Å². The van der Waals surface area contributed by atoms with Crippen LogP contribution < -0.4 is 5.32 Å². The second-order valence-corrected chi connectivity index (χ2v) is 3.41. The summed E-state index contributed by atoms with van der Waals surface area (Å²) in [6.07, 6.45) is 2.01. The molecule has 0 amide bonds. The molecule has 6 nitrogen and oxygen atoms in total. The predicted octanol–water partition coefficient (Wildman–Crippen LogP) is -0.607. The number of rotatable bonds is 4. The third kappa shape index (κ3) is 1.95. The quantitative estimate of drug-likeness (QED) is 0.651. The fourth-order valence-corrected chi connectivity index (χ4v) is 1.22. The Morgan fingerprint density at radius 3 is 3.00 bits per heavy atom. The Morgan fingerprint density at radius 1 is 1.69 bits per heavy atom. The van der Waals surface area contributed by atoms with Crippen molar-refractivity contribution in [3.05, 3.63) is 0 Å². The molecular formula is C7H13N5O. The Kier molecular flexibility index (Phi) is 2.13. The number of hydrogen-bond donors (Lipinski definition) is 2. The predicted molar refractivity (Wildman–Crippen MR) is 46.0 cm³/mol. The van der Waals surface area contributed by atoms with Gasteiger partial charge in [-0.2, -0.15) is 0 Å². The van der Waals surface area contributed by atoms with Crippen LogP contribution in [0.2, 0.25) is 0 Å². The highest BCUT2D eigenvalue weighted by molar-refractivity contribution is 5.21. The summed E-state index contributed by atoms with van der Waals surface area (Å²) in [6.45, 7) is 0.527. The fraction of sp³-hybridized carbons (Fsp3) is 0.857. The van der Waals surface area contributed by atoms with E-state index >= 15 is 0 Å². The van der Waals surface area contributed by atoms with Crippen LogP contribution in [0.25, 0.3) is 0 Å². The minimum atomic E-state index is -0.267. The van der Waals surface area contributed by atoms with Crippen LogP contribution in [0.1, 0.15) is 12.8 Å². The lowest BCUT2D eigenvalue weighted by Gasteiger charge is -2.09. The molecule has 0 bridgehead atoms. The van der Waals surface area contributed by atoms with Gasteiger partial charge in [-0.25, -0.2) is 4.68 Å². The molecule has 0 spiro atoms. The van der Waals surface area contributed by atoms with Gasteiger partial charge in [0.05, 0.1) is 6.10 Å². The lowest BCUT2D eigenvalue weighted by molar-refractivity contribution is 0.164. The number of aromatic nitrogens is 4. The average Bonchev–Trinajstić information content (AvgIpc) is 2.88. The summed E-state index contributed by atoms with van der Waals surface area (Å²) in [5.41, 5.74) is 0. The van der Waals surface area contributed by atoms with Crippen LogP contribution in [-0.2, 0) is 7.05 Å². The number of aliphatic hydroxyl groups is 1. The minimum absolute atomic E-state index is 0.267. The van der Waals surface area contributed by atoms with Crippen molar-refractivity contribution in [3.8, 4) is 0 Å². The molecule has 1 aliphatic rings. The van der Waals surface area contributed by atoms with Crippen LogP contribution >= 0.6 is 0 Å². The highest BCUT2D eigenvalue weighted by atomic mass is 16.3. The number of aliphatic hydroxyl groups excluding tert-OH is 1. The molecule has 1 atom stereocenters. The summed E-state index contributed by atoms with van der Waals surface area (Å²) in [5.74, 6) is 1.08. The number of nitrogens with one attached hydrogen (secondary N) is 1. The summed E-state index contributed by atoms with van der Waals surface area (Å²) in [5, 5.41) is 23.4. The largest absolute Gasteiger partial charge is 0.391 e. The standard InChI is InChI=1S/C7H13N5O/c1-12-7(9-10-11-12)8-4-6(13)5-2-3-5/h5-6,13H,2-4H2,1H3,(H,8,9,11). The van der Waals surface area contributed by atoms with Crippen LogP contribution in [0.4, 0.5) is 5.95 Å². The normalized spacial score (nSPS) is 18.6. The van der Waals surface area contributed by atoms with Crippen LogP contribution in [0.3, 0.4) is 0 Å². The summed E-state index contributed by atoms with van der Waals surface area (Å²) in [6, 6.07) is 0. The number of tetrazole rings is 1. The fourth-order valence-electron chi connectivity index (χ4n) is 1.22. The second kappa shape index (κ2) is 3.29. The minimum Gasteiger partial charge on any atom is -0.391 e. The molecule has 0 aliphatic heterocycles. The average molecular weight is 183 g/mol. The van der Waals surface area contributed by atoms with Gasteiger partial charge in [0.2, 0.25) is 5.95 Å². The van der Waals surface area contributed by atoms with E-state index in [2.05, 4.69) is 20.8 Å². The van der Waals surface area contributed by atoms with E-state index in [4.69, 9.17) is 0 Å². The van der Waals surface area contributed by atoms with Gasteiger partial charge >= 0.3 is 0 Å². The van der Waals surface area contributed by atoms with E-state index < -0.39 is 0 Å².